The third-order valence-electron chi connectivity index (χ3n) is 4.89. The van der Waals surface area contributed by atoms with Crippen LogP contribution >= 0.6 is 0 Å². The lowest BCUT2D eigenvalue weighted by Crippen LogP contribution is -2.40. The quantitative estimate of drug-likeness (QED) is 0.538. The van der Waals surface area contributed by atoms with Crippen molar-refractivity contribution in [2.45, 2.75) is 11.3 Å². The predicted octanol–water partition coefficient (Wildman–Crippen LogP) is 1.45. The smallest absolute Gasteiger partial charge is 0.310 e. The van der Waals surface area contributed by atoms with Crippen LogP contribution in [0.3, 0.4) is 0 Å². The van der Waals surface area contributed by atoms with Crippen molar-refractivity contribution in [1.82, 2.24) is 4.31 Å². The SMILES string of the molecule is COc1ccc(CC(=O)OCC(=O)Nc2cccc(S(=O)(=O)N3CCOCC3)c2)cc1OC. The summed E-state index contributed by atoms with van der Waals surface area (Å²) in [6.45, 7) is 0.713. The summed E-state index contributed by atoms with van der Waals surface area (Å²) < 4.78 is 47.5. The van der Waals surface area contributed by atoms with Crippen LogP contribution in [-0.4, -0.2) is 71.7 Å². The van der Waals surface area contributed by atoms with Crippen molar-refractivity contribution < 1.29 is 37.0 Å². The lowest BCUT2D eigenvalue weighted by atomic mass is 10.1. The Morgan fingerprint density at radius 1 is 1.03 bits per heavy atom. The first-order valence-corrected chi connectivity index (χ1v) is 11.6. The highest BCUT2D eigenvalue weighted by molar-refractivity contribution is 7.89. The second-order valence-corrected chi connectivity index (χ2v) is 9.06. The number of methoxy groups -OCH3 is 2. The number of anilines is 1. The maximum absolute atomic E-state index is 12.8. The largest absolute Gasteiger partial charge is 0.493 e. The Morgan fingerprint density at radius 3 is 2.45 bits per heavy atom. The number of esters is 1. The first-order chi connectivity index (χ1) is 15.8. The molecule has 0 aliphatic carbocycles. The molecule has 0 spiro atoms. The first-order valence-electron chi connectivity index (χ1n) is 10.2. The molecule has 33 heavy (non-hydrogen) atoms. The van der Waals surface area contributed by atoms with Crippen LogP contribution < -0.4 is 14.8 Å². The van der Waals surface area contributed by atoms with Crippen molar-refractivity contribution in [1.29, 1.82) is 0 Å². The molecular formula is C22H26N2O8S. The number of nitrogens with zero attached hydrogens (tertiary/aromatic N) is 1. The number of benzene rings is 2. The Hall–Kier alpha value is -3.15. The van der Waals surface area contributed by atoms with Gasteiger partial charge >= 0.3 is 5.97 Å². The van der Waals surface area contributed by atoms with E-state index in [1.807, 2.05) is 0 Å². The number of hydrogen-bond donors (Lipinski definition) is 1. The molecule has 2 aromatic carbocycles. The van der Waals surface area contributed by atoms with Gasteiger partial charge in [0, 0.05) is 18.8 Å². The second kappa shape index (κ2) is 11.1. The summed E-state index contributed by atoms with van der Waals surface area (Å²) in [5.41, 5.74) is 0.921. The van der Waals surface area contributed by atoms with E-state index in [9.17, 15) is 18.0 Å². The molecule has 1 aliphatic heterocycles. The van der Waals surface area contributed by atoms with Gasteiger partial charge in [0.25, 0.3) is 5.91 Å². The lowest BCUT2D eigenvalue weighted by Gasteiger charge is -2.26. The summed E-state index contributed by atoms with van der Waals surface area (Å²) in [6.07, 6.45) is -0.0547. The molecule has 0 atom stereocenters. The lowest BCUT2D eigenvalue weighted by molar-refractivity contribution is -0.146. The Bertz CT molecular complexity index is 1100. The van der Waals surface area contributed by atoms with Crippen molar-refractivity contribution >= 4 is 27.6 Å². The minimum Gasteiger partial charge on any atom is -0.493 e. The van der Waals surface area contributed by atoms with E-state index >= 15 is 0 Å². The Kier molecular flexibility index (Phi) is 8.26. The molecule has 0 radical (unpaired) electrons. The molecule has 10 nitrogen and oxygen atoms in total. The van der Waals surface area contributed by atoms with Gasteiger partial charge in [0.05, 0.1) is 38.7 Å². The molecule has 0 saturated carbocycles. The highest BCUT2D eigenvalue weighted by atomic mass is 32.2. The minimum absolute atomic E-state index is 0.0547. The Balaban J connectivity index is 1.54. The van der Waals surface area contributed by atoms with Crippen LogP contribution in [0.1, 0.15) is 5.56 Å². The van der Waals surface area contributed by atoms with Gasteiger partial charge in [-0.15, -0.1) is 0 Å². The summed E-state index contributed by atoms with van der Waals surface area (Å²) in [5, 5.41) is 2.55. The summed E-state index contributed by atoms with van der Waals surface area (Å²) in [7, 11) is -0.690. The summed E-state index contributed by atoms with van der Waals surface area (Å²) in [6, 6.07) is 10.9. The van der Waals surface area contributed by atoms with Crippen molar-refractivity contribution in [3.63, 3.8) is 0 Å². The number of hydrogen-bond acceptors (Lipinski definition) is 8. The summed E-state index contributed by atoms with van der Waals surface area (Å²) >= 11 is 0. The van der Waals surface area contributed by atoms with E-state index in [1.54, 1.807) is 24.3 Å². The highest BCUT2D eigenvalue weighted by Gasteiger charge is 2.26. The zero-order valence-corrected chi connectivity index (χ0v) is 19.2. The third-order valence-corrected chi connectivity index (χ3v) is 6.78. The van der Waals surface area contributed by atoms with Crippen molar-refractivity contribution in [2.75, 3.05) is 52.4 Å². The summed E-state index contributed by atoms with van der Waals surface area (Å²) in [5.74, 6) is -0.170. The zero-order valence-electron chi connectivity index (χ0n) is 18.4. The van der Waals surface area contributed by atoms with Crippen LogP contribution in [0.15, 0.2) is 47.4 Å². The fourth-order valence-corrected chi connectivity index (χ4v) is 4.68. The average molecular weight is 479 g/mol. The predicted molar refractivity (Wildman–Crippen MR) is 119 cm³/mol. The van der Waals surface area contributed by atoms with Gasteiger partial charge in [-0.1, -0.05) is 12.1 Å². The molecule has 0 bridgehead atoms. The van der Waals surface area contributed by atoms with Gasteiger partial charge in [-0.3, -0.25) is 9.59 Å². The number of morpholine rings is 1. The maximum atomic E-state index is 12.8. The highest BCUT2D eigenvalue weighted by Crippen LogP contribution is 2.27. The molecule has 0 unspecified atom stereocenters. The number of nitrogens with one attached hydrogen (secondary N) is 1. The molecule has 0 aromatic heterocycles. The molecule has 1 saturated heterocycles. The molecule has 1 aliphatic rings. The van der Waals surface area contributed by atoms with Gasteiger partial charge in [0.2, 0.25) is 10.0 Å². The number of carbonyl (C=O) groups is 2. The zero-order chi connectivity index (χ0) is 23.8. The normalized spacial score (nSPS) is 14.4. The van der Waals surface area contributed by atoms with E-state index in [1.165, 1.54) is 36.7 Å². The number of sulfonamides is 1. The van der Waals surface area contributed by atoms with Crippen molar-refractivity contribution in [2.24, 2.45) is 0 Å². The maximum Gasteiger partial charge on any atom is 0.310 e. The van der Waals surface area contributed by atoms with Crippen LogP contribution in [0.5, 0.6) is 11.5 Å². The summed E-state index contributed by atoms with van der Waals surface area (Å²) in [4.78, 5) is 24.4. The van der Waals surface area contributed by atoms with Crippen molar-refractivity contribution in [3.05, 3.63) is 48.0 Å². The van der Waals surface area contributed by atoms with Crippen LogP contribution in [0.25, 0.3) is 0 Å². The third kappa shape index (κ3) is 6.44. The van der Waals surface area contributed by atoms with Crippen molar-refractivity contribution in [3.8, 4) is 11.5 Å². The van der Waals surface area contributed by atoms with E-state index in [-0.39, 0.29) is 30.1 Å². The molecule has 11 heteroatoms. The van der Waals surface area contributed by atoms with E-state index < -0.39 is 28.5 Å². The second-order valence-electron chi connectivity index (χ2n) is 7.12. The van der Waals surface area contributed by atoms with Gasteiger partial charge in [-0.2, -0.15) is 4.31 Å². The Morgan fingerprint density at radius 2 is 1.76 bits per heavy atom. The molecule has 1 fully saturated rings. The molecule has 3 rings (SSSR count). The van der Waals surface area contributed by atoms with E-state index in [2.05, 4.69) is 5.32 Å². The Labute approximate surface area is 192 Å². The van der Waals surface area contributed by atoms with Gasteiger partial charge in [-0.25, -0.2) is 8.42 Å². The number of amides is 1. The van der Waals surface area contributed by atoms with Crippen LogP contribution in [0.4, 0.5) is 5.69 Å². The monoisotopic (exact) mass is 478 g/mol. The van der Waals surface area contributed by atoms with Crippen LogP contribution in [0.2, 0.25) is 0 Å². The molecular weight excluding hydrogens is 452 g/mol. The van der Waals surface area contributed by atoms with E-state index in [4.69, 9.17) is 18.9 Å². The van der Waals surface area contributed by atoms with Gasteiger partial charge in [0.1, 0.15) is 0 Å². The molecule has 2 aromatic rings. The topological polar surface area (TPSA) is 120 Å². The number of carbonyl (C=O) groups excluding carboxylic acids is 2. The molecule has 1 heterocycles. The van der Waals surface area contributed by atoms with Crippen LogP contribution in [-0.2, 0) is 35.5 Å². The fraction of sp³-hybridized carbons (Fsp3) is 0.364. The number of rotatable bonds is 9. The molecule has 178 valence electrons. The fourth-order valence-electron chi connectivity index (χ4n) is 3.22. The standard InChI is InChI=1S/C22H26N2O8S/c1-29-19-7-6-16(12-20(19)30-2)13-22(26)32-15-21(25)23-17-4-3-5-18(14-17)33(27,28)24-8-10-31-11-9-24/h3-7,12,14H,8-11,13,15H2,1-2H3,(H,23,25). The number of ether oxygens (including phenoxy) is 4. The average Bonchev–Trinajstić information content (AvgIpc) is 2.83. The van der Waals surface area contributed by atoms with E-state index in [0.717, 1.165) is 0 Å². The minimum atomic E-state index is -3.69. The first kappa shape index (κ1) is 24.5. The van der Waals surface area contributed by atoms with Gasteiger partial charge in [-0.05, 0) is 35.9 Å². The van der Waals surface area contributed by atoms with Gasteiger partial charge in [0.15, 0.2) is 18.1 Å². The molecule has 1 N–H and O–H groups in total. The van der Waals surface area contributed by atoms with E-state index in [0.29, 0.717) is 30.3 Å². The van der Waals surface area contributed by atoms with Crippen LogP contribution in [0, 0.1) is 0 Å². The molecule has 1 amide bonds. The van der Waals surface area contributed by atoms with Gasteiger partial charge < -0.3 is 24.3 Å².